The van der Waals surface area contributed by atoms with Crippen molar-refractivity contribution in [2.45, 2.75) is 32.7 Å². The van der Waals surface area contributed by atoms with Crippen LogP contribution in [-0.4, -0.2) is 24.7 Å². The number of rotatable bonds is 8. The molecule has 0 fully saturated rings. The van der Waals surface area contributed by atoms with Gasteiger partial charge in [-0.2, -0.15) is 4.57 Å². The van der Waals surface area contributed by atoms with Gasteiger partial charge in [0.2, 0.25) is 11.5 Å². The molecular weight excluding hydrogens is 452 g/mol. The average molecular weight is 475 g/mol. The molecule has 2 aromatic carbocycles. The highest BCUT2D eigenvalue weighted by Crippen LogP contribution is 2.67. The molecule has 3 aromatic rings. The summed E-state index contributed by atoms with van der Waals surface area (Å²) in [5.41, 5.74) is 7.23. The zero-order chi connectivity index (χ0) is 23.3. The second-order valence-corrected chi connectivity index (χ2v) is 9.36. The second kappa shape index (κ2) is 7.97. The first-order chi connectivity index (χ1) is 15.8. The number of nitrogens with two attached hydrogens (primary N) is 1. The van der Waals surface area contributed by atoms with Crippen molar-refractivity contribution < 1.29 is 32.0 Å². The Morgan fingerprint density at radius 2 is 1.91 bits per heavy atom. The Bertz CT molecular complexity index is 1300. The molecule has 3 N–H and O–H groups in total. The van der Waals surface area contributed by atoms with Crippen molar-refractivity contribution in [3.63, 3.8) is 0 Å². The summed E-state index contributed by atoms with van der Waals surface area (Å²) < 4.78 is 55.4. The third kappa shape index (κ3) is 3.59. The lowest BCUT2D eigenvalue weighted by Gasteiger charge is -2.25. The van der Waals surface area contributed by atoms with Gasteiger partial charge in [0.1, 0.15) is 22.8 Å². The highest BCUT2D eigenvalue weighted by molar-refractivity contribution is 7.50. The van der Waals surface area contributed by atoms with E-state index in [0.29, 0.717) is 34.4 Å². The summed E-state index contributed by atoms with van der Waals surface area (Å²) in [6, 6.07) is 5.57. The highest BCUT2D eigenvalue weighted by atomic mass is 31.2. The van der Waals surface area contributed by atoms with Gasteiger partial charge in [-0.25, -0.2) is 9.37 Å². The summed E-state index contributed by atoms with van der Waals surface area (Å²) in [5, 5.41) is 3.97. The number of aromatic nitrogens is 1. The van der Waals surface area contributed by atoms with E-state index in [2.05, 4.69) is 10.3 Å². The van der Waals surface area contributed by atoms with E-state index < -0.39 is 13.6 Å². The van der Waals surface area contributed by atoms with E-state index in [1.807, 2.05) is 6.92 Å². The molecule has 0 radical (unpaired) electrons. The number of nitrogens with zero attached hydrogens (tertiary/aromatic N) is 1. The van der Waals surface area contributed by atoms with Crippen LogP contribution in [0.15, 0.2) is 24.3 Å². The third-order valence-electron chi connectivity index (χ3n) is 5.54. The number of phosphoric ester groups is 1. The predicted molar refractivity (Wildman–Crippen MR) is 120 cm³/mol. The van der Waals surface area contributed by atoms with Crippen LogP contribution in [-0.2, 0) is 4.57 Å². The van der Waals surface area contributed by atoms with E-state index in [4.69, 9.17) is 28.8 Å². The molecule has 0 aliphatic carbocycles. The summed E-state index contributed by atoms with van der Waals surface area (Å²) in [6.07, 6.45) is 1.61. The van der Waals surface area contributed by atoms with Crippen molar-refractivity contribution in [2.24, 2.45) is 5.73 Å². The van der Waals surface area contributed by atoms with E-state index in [9.17, 15) is 8.96 Å². The minimum Gasteiger partial charge on any atom is -0.490 e. The third-order valence-corrected chi connectivity index (χ3v) is 6.75. The Kier molecular flexibility index (Phi) is 5.22. The van der Waals surface area contributed by atoms with Gasteiger partial charge in [-0.15, -0.1) is 0 Å². The number of aryl methyl sites for hydroxylation is 1. The van der Waals surface area contributed by atoms with E-state index in [1.54, 1.807) is 6.92 Å². The van der Waals surface area contributed by atoms with E-state index in [-0.39, 0.29) is 34.9 Å². The molecule has 0 spiro atoms. The topological polar surface area (TPSA) is 114 Å². The number of phosphoric acid groups is 1. The predicted octanol–water partition coefficient (Wildman–Crippen LogP) is 5.29. The summed E-state index contributed by atoms with van der Waals surface area (Å²) >= 11 is 0. The molecule has 11 heteroatoms. The number of pyridine rings is 1. The van der Waals surface area contributed by atoms with Crippen LogP contribution >= 0.6 is 7.82 Å². The fraction of sp³-hybridized carbons (Fsp3) is 0.318. The van der Waals surface area contributed by atoms with Crippen LogP contribution in [0.3, 0.4) is 0 Å². The first-order valence-corrected chi connectivity index (χ1v) is 12.0. The van der Waals surface area contributed by atoms with Gasteiger partial charge in [-0.05, 0) is 57.5 Å². The average Bonchev–Trinajstić information content (AvgIpc) is 3.15. The lowest BCUT2D eigenvalue weighted by Crippen LogP contribution is -2.18. The van der Waals surface area contributed by atoms with Crippen LogP contribution in [0.2, 0.25) is 0 Å². The zero-order valence-corrected chi connectivity index (χ0v) is 19.2. The minimum absolute atomic E-state index is 0.000641. The monoisotopic (exact) mass is 475 g/mol. The number of ether oxygens (including phenoxy) is 2. The molecule has 3 heterocycles. The smallest absolute Gasteiger partial charge is 0.490 e. The Labute approximate surface area is 189 Å². The normalized spacial score (nSPS) is 18.5. The van der Waals surface area contributed by atoms with Crippen LogP contribution in [0.25, 0.3) is 10.9 Å². The molecule has 2 unspecified atom stereocenters. The standard InChI is InChI=1S/C22H23FN3O6P/c1-11(5-4-10-24)25-17-16-15-12(2)18-22(26-16)32-33(27,30-18)31-20(17)21(28-3)19(15)29-14-8-6-13(23)7-9-14/h6-9,11,25H,4-5,10,24H2,1-3H3. The van der Waals surface area contributed by atoms with Crippen molar-refractivity contribution >= 4 is 24.4 Å². The largest absolute Gasteiger partial charge is 0.648 e. The molecular formula is C22H23FN3O6P. The van der Waals surface area contributed by atoms with Crippen molar-refractivity contribution in [1.29, 1.82) is 0 Å². The number of anilines is 1. The lowest BCUT2D eigenvalue weighted by molar-refractivity contribution is 0.313. The van der Waals surface area contributed by atoms with Crippen LogP contribution in [0.5, 0.6) is 34.6 Å². The van der Waals surface area contributed by atoms with E-state index in [0.717, 1.165) is 12.8 Å². The Morgan fingerprint density at radius 1 is 1.18 bits per heavy atom. The van der Waals surface area contributed by atoms with Crippen LogP contribution in [0.1, 0.15) is 25.3 Å². The van der Waals surface area contributed by atoms with E-state index in [1.165, 1.54) is 31.4 Å². The Hall–Kier alpha value is -3.23. The molecule has 0 saturated heterocycles. The van der Waals surface area contributed by atoms with Crippen LogP contribution < -0.4 is 34.1 Å². The maximum Gasteiger partial charge on any atom is 0.648 e. The molecule has 0 amide bonds. The van der Waals surface area contributed by atoms with Gasteiger partial charge in [0.05, 0.1) is 12.5 Å². The van der Waals surface area contributed by atoms with Crippen LogP contribution in [0, 0.1) is 12.7 Å². The number of benzene rings is 2. The summed E-state index contributed by atoms with van der Waals surface area (Å²) in [7, 11) is -2.60. The molecule has 2 aliphatic rings. The fourth-order valence-electron chi connectivity index (χ4n) is 3.98. The van der Waals surface area contributed by atoms with Gasteiger partial charge < -0.3 is 34.1 Å². The van der Waals surface area contributed by atoms with Gasteiger partial charge in [0.25, 0.3) is 5.88 Å². The maximum atomic E-state index is 13.4. The van der Waals surface area contributed by atoms with Gasteiger partial charge >= 0.3 is 7.82 Å². The first-order valence-electron chi connectivity index (χ1n) is 10.5. The number of nitrogens with one attached hydrogen (secondary N) is 1. The molecule has 2 atom stereocenters. The molecule has 5 rings (SSSR count). The van der Waals surface area contributed by atoms with Crippen molar-refractivity contribution in [3.8, 4) is 34.6 Å². The maximum absolute atomic E-state index is 13.4. The Balaban J connectivity index is 1.77. The molecule has 33 heavy (non-hydrogen) atoms. The summed E-state index contributed by atoms with van der Waals surface area (Å²) in [5.74, 6) is 0.843. The van der Waals surface area contributed by atoms with Gasteiger partial charge in [-0.3, -0.25) is 0 Å². The SMILES string of the molecule is COc1c2c(NC(C)CCCN)c3nc4c(c(C)c3c1Oc1ccc(F)cc1)OP(=O)(O4)O2. The summed E-state index contributed by atoms with van der Waals surface area (Å²) in [6.45, 7) is 4.35. The molecule has 0 saturated carbocycles. The number of fused-ring (bicyclic) bond motifs is 2. The quantitative estimate of drug-likeness (QED) is 0.419. The molecule has 4 bridgehead atoms. The molecule has 1 aromatic heterocycles. The van der Waals surface area contributed by atoms with E-state index >= 15 is 0 Å². The van der Waals surface area contributed by atoms with Gasteiger partial charge in [-0.1, -0.05) is 0 Å². The molecule has 9 nitrogen and oxygen atoms in total. The van der Waals surface area contributed by atoms with Crippen molar-refractivity contribution in [2.75, 3.05) is 19.0 Å². The number of halogens is 1. The Morgan fingerprint density at radius 3 is 2.61 bits per heavy atom. The number of hydrogen-bond donors (Lipinski definition) is 2. The first kappa shape index (κ1) is 21.6. The summed E-state index contributed by atoms with van der Waals surface area (Å²) in [4.78, 5) is 4.60. The van der Waals surface area contributed by atoms with Gasteiger partial charge in [0, 0.05) is 11.6 Å². The number of methoxy groups -OCH3 is 1. The lowest BCUT2D eigenvalue weighted by atomic mass is 10.0. The fourth-order valence-corrected chi connectivity index (χ4v) is 5.26. The molecule has 2 aliphatic heterocycles. The second-order valence-electron chi connectivity index (χ2n) is 7.91. The number of hydrogen-bond acceptors (Lipinski definition) is 9. The van der Waals surface area contributed by atoms with Gasteiger partial charge in [0.15, 0.2) is 11.5 Å². The van der Waals surface area contributed by atoms with Crippen molar-refractivity contribution in [1.82, 2.24) is 4.98 Å². The zero-order valence-electron chi connectivity index (χ0n) is 18.3. The molecule has 174 valence electrons. The highest BCUT2D eigenvalue weighted by Gasteiger charge is 2.48. The minimum atomic E-state index is -4.04. The van der Waals surface area contributed by atoms with Crippen molar-refractivity contribution in [3.05, 3.63) is 35.6 Å². The van der Waals surface area contributed by atoms with Crippen LogP contribution in [0.4, 0.5) is 10.1 Å².